The lowest BCUT2D eigenvalue weighted by molar-refractivity contribution is 0.628. The average Bonchev–Trinajstić information content (AvgIpc) is 3.37. The number of fused-ring (bicyclic) bond motifs is 1. The highest BCUT2D eigenvalue weighted by atomic mass is 32.2. The van der Waals surface area contributed by atoms with Crippen LogP contribution in [0.4, 0.5) is 4.39 Å². The third-order valence-electron chi connectivity index (χ3n) is 4.64. The summed E-state index contributed by atoms with van der Waals surface area (Å²) in [6.07, 6.45) is 5.62. The summed E-state index contributed by atoms with van der Waals surface area (Å²) in [4.78, 5) is 8.81. The number of rotatable bonds is 6. The molecule has 3 heterocycles. The van der Waals surface area contributed by atoms with E-state index >= 15 is 0 Å². The van der Waals surface area contributed by atoms with Gasteiger partial charge in [0.05, 0.1) is 12.2 Å². The van der Waals surface area contributed by atoms with Crippen molar-refractivity contribution in [3.8, 4) is 11.4 Å². The maximum Gasteiger partial charge on any atom is 0.233 e. The number of imidazole rings is 1. The van der Waals surface area contributed by atoms with Crippen molar-refractivity contribution in [3.05, 3.63) is 96.3 Å². The maximum absolute atomic E-state index is 13.4. The molecule has 0 radical (unpaired) electrons. The van der Waals surface area contributed by atoms with Crippen LogP contribution in [-0.4, -0.2) is 29.1 Å². The first-order valence-electron chi connectivity index (χ1n) is 9.41. The fourth-order valence-electron chi connectivity index (χ4n) is 3.20. The fraction of sp³-hybridized carbons (Fsp3) is 0.0909. The second-order valence-electron chi connectivity index (χ2n) is 6.73. The summed E-state index contributed by atoms with van der Waals surface area (Å²) in [5, 5.41) is 9.59. The topological polar surface area (TPSA) is 60.9 Å². The molecule has 0 saturated carbocycles. The molecule has 5 rings (SSSR count). The Kier molecular flexibility index (Phi) is 4.98. The van der Waals surface area contributed by atoms with Gasteiger partial charge in [0.2, 0.25) is 5.78 Å². The van der Waals surface area contributed by atoms with Gasteiger partial charge in [0, 0.05) is 29.9 Å². The minimum Gasteiger partial charge on any atom is -0.298 e. The first-order chi connectivity index (χ1) is 14.8. The van der Waals surface area contributed by atoms with Gasteiger partial charge in [-0.15, -0.1) is 10.2 Å². The van der Waals surface area contributed by atoms with Crippen molar-refractivity contribution in [1.29, 1.82) is 0 Å². The molecule has 0 aliphatic rings. The van der Waals surface area contributed by atoms with Gasteiger partial charge in [0.25, 0.3) is 0 Å². The monoisotopic (exact) mass is 416 g/mol. The normalized spacial score (nSPS) is 11.2. The van der Waals surface area contributed by atoms with E-state index in [4.69, 9.17) is 0 Å². The van der Waals surface area contributed by atoms with Crippen LogP contribution in [0, 0.1) is 5.82 Å². The van der Waals surface area contributed by atoms with Crippen LogP contribution in [0.1, 0.15) is 11.3 Å². The van der Waals surface area contributed by atoms with Gasteiger partial charge >= 0.3 is 0 Å². The Hall–Kier alpha value is -3.52. The van der Waals surface area contributed by atoms with Crippen LogP contribution in [0.15, 0.2) is 84.4 Å². The number of hydrogen-bond donors (Lipinski definition) is 0. The summed E-state index contributed by atoms with van der Waals surface area (Å²) in [6, 6.07) is 18.3. The van der Waals surface area contributed by atoms with E-state index in [1.54, 1.807) is 30.1 Å². The zero-order chi connectivity index (χ0) is 20.3. The second-order valence-corrected chi connectivity index (χ2v) is 7.68. The third-order valence-corrected chi connectivity index (χ3v) is 5.64. The van der Waals surface area contributed by atoms with Crippen LogP contribution in [0.5, 0.6) is 0 Å². The van der Waals surface area contributed by atoms with Crippen molar-refractivity contribution in [2.24, 2.45) is 0 Å². The lowest BCUT2D eigenvalue weighted by Gasteiger charge is -2.10. The highest BCUT2D eigenvalue weighted by molar-refractivity contribution is 7.98. The van der Waals surface area contributed by atoms with Crippen molar-refractivity contribution >= 4 is 17.5 Å². The molecule has 0 saturated heterocycles. The Balaban J connectivity index is 1.46. The molecule has 2 aromatic carbocycles. The number of nitrogens with zero attached hydrogens (tertiary/aromatic N) is 6. The number of halogens is 1. The van der Waals surface area contributed by atoms with Gasteiger partial charge in [-0.2, -0.15) is 0 Å². The highest BCUT2D eigenvalue weighted by Crippen LogP contribution is 2.27. The first-order valence-corrected chi connectivity index (χ1v) is 10.4. The van der Waals surface area contributed by atoms with E-state index in [2.05, 4.69) is 36.9 Å². The quantitative estimate of drug-likeness (QED) is 0.382. The van der Waals surface area contributed by atoms with E-state index in [0.717, 1.165) is 22.0 Å². The van der Waals surface area contributed by atoms with E-state index in [0.29, 0.717) is 23.9 Å². The van der Waals surface area contributed by atoms with E-state index in [9.17, 15) is 4.39 Å². The summed E-state index contributed by atoms with van der Waals surface area (Å²) < 4.78 is 17.3. The van der Waals surface area contributed by atoms with Crippen LogP contribution in [0.25, 0.3) is 17.2 Å². The van der Waals surface area contributed by atoms with Gasteiger partial charge < -0.3 is 0 Å². The van der Waals surface area contributed by atoms with Gasteiger partial charge in [0.15, 0.2) is 11.0 Å². The van der Waals surface area contributed by atoms with Gasteiger partial charge in [-0.25, -0.2) is 14.4 Å². The number of hydrogen-bond acceptors (Lipinski definition) is 5. The predicted octanol–water partition coefficient (Wildman–Crippen LogP) is 4.47. The third kappa shape index (κ3) is 3.81. The van der Waals surface area contributed by atoms with Crippen molar-refractivity contribution in [1.82, 2.24) is 29.1 Å². The van der Waals surface area contributed by atoms with Gasteiger partial charge in [-0.3, -0.25) is 8.97 Å². The molecule has 30 heavy (non-hydrogen) atoms. The van der Waals surface area contributed by atoms with Crippen LogP contribution < -0.4 is 0 Å². The van der Waals surface area contributed by atoms with Gasteiger partial charge in [-0.1, -0.05) is 42.1 Å². The number of benzene rings is 2. The molecular weight excluding hydrogens is 399 g/mol. The number of thioether (sulfide) groups is 1. The molecule has 0 unspecified atom stereocenters. The largest absolute Gasteiger partial charge is 0.298 e. The molecule has 0 fully saturated rings. The minimum atomic E-state index is -0.275. The molecule has 0 aliphatic heterocycles. The Bertz CT molecular complexity index is 1250. The van der Waals surface area contributed by atoms with E-state index in [1.807, 2.05) is 41.1 Å². The summed E-state index contributed by atoms with van der Waals surface area (Å²) in [5.41, 5.74) is 2.87. The van der Waals surface area contributed by atoms with E-state index < -0.39 is 0 Å². The predicted molar refractivity (Wildman–Crippen MR) is 114 cm³/mol. The first kappa shape index (κ1) is 18.5. The van der Waals surface area contributed by atoms with Crippen molar-refractivity contribution in [2.45, 2.75) is 17.5 Å². The van der Waals surface area contributed by atoms with Crippen molar-refractivity contribution < 1.29 is 4.39 Å². The zero-order valence-electron chi connectivity index (χ0n) is 15.9. The van der Waals surface area contributed by atoms with E-state index in [-0.39, 0.29) is 5.82 Å². The molecule has 0 bridgehead atoms. The van der Waals surface area contributed by atoms with E-state index in [1.165, 1.54) is 12.1 Å². The Morgan fingerprint density at radius 2 is 1.77 bits per heavy atom. The second kappa shape index (κ2) is 8.08. The Morgan fingerprint density at radius 3 is 2.57 bits per heavy atom. The average molecular weight is 416 g/mol. The van der Waals surface area contributed by atoms with Crippen LogP contribution in [0.2, 0.25) is 0 Å². The van der Waals surface area contributed by atoms with Gasteiger partial charge in [0.1, 0.15) is 5.82 Å². The Labute approximate surface area is 176 Å². The summed E-state index contributed by atoms with van der Waals surface area (Å²) >= 11 is 1.56. The molecule has 0 amide bonds. The smallest absolute Gasteiger partial charge is 0.233 e. The van der Waals surface area contributed by atoms with Crippen LogP contribution >= 0.6 is 11.8 Å². The SMILES string of the molecule is Fc1ccc(-c2nnc(SCc3cn4cccnc4n3)n2Cc2ccccc2)cc1. The summed E-state index contributed by atoms with van der Waals surface area (Å²) in [5.74, 6) is 1.74. The molecule has 0 spiro atoms. The molecule has 6 nitrogen and oxygen atoms in total. The number of aromatic nitrogens is 6. The lowest BCUT2D eigenvalue weighted by Crippen LogP contribution is -2.04. The minimum absolute atomic E-state index is 0.275. The molecule has 5 aromatic rings. The highest BCUT2D eigenvalue weighted by Gasteiger charge is 2.16. The summed E-state index contributed by atoms with van der Waals surface area (Å²) in [7, 11) is 0. The molecular formula is C22H17FN6S. The lowest BCUT2D eigenvalue weighted by atomic mass is 10.2. The van der Waals surface area contributed by atoms with Crippen molar-refractivity contribution in [2.75, 3.05) is 0 Å². The standard InChI is InChI=1S/C22H17FN6S/c23-18-9-7-17(8-10-18)20-26-27-22(29(20)13-16-5-2-1-3-6-16)30-15-19-14-28-12-4-11-24-21(28)25-19/h1-12,14H,13,15H2. The molecule has 0 aliphatic carbocycles. The van der Waals surface area contributed by atoms with Crippen molar-refractivity contribution in [3.63, 3.8) is 0 Å². The Morgan fingerprint density at radius 1 is 0.933 bits per heavy atom. The van der Waals surface area contributed by atoms with Crippen LogP contribution in [0.3, 0.4) is 0 Å². The zero-order valence-corrected chi connectivity index (χ0v) is 16.7. The molecule has 0 atom stereocenters. The molecule has 8 heteroatoms. The molecule has 0 N–H and O–H groups in total. The summed E-state index contributed by atoms with van der Waals surface area (Å²) in [6.45, 7) is 0.621. The van der Waals surface area contributed by atoms with Gasteiger partial charge in [-0.05, 0) is 35.9 Å². The molecule has 3 aromatic heterocycles. The van der Waals surface area contributed by atoms with Crippen LogP contribution in [-0.2, 0) is 12.3 Å². The fourth-order valence-corrected chi connectivity index (χ4v) is 4.03. The molecule has 148 valence electrons. The maximum atomic E-state index is 13.4.